The molecule has 0 bridgehead atoms. The van der Waals surface area contributed by atoms with E-state index < -0.39 is 5.97 Å². The zero-order valence-electron chi connectivity index (χ0n) is 9.17. The van der Waals surface area contributed by atoms with Crippen molar-refractivity contribution >= 4 is 5.97 Å². The normalized spacial score (nSPS) is 27.5. The van der Waals surface area contributed by atoms with E-state index in [2.05, 4.69) is 6.92 Å². The van der Waals surface area contributed by atoms with Gasteiger partial charge in [0.15, 0.2) is 0 Å². The average Bonchev–Trinajstić information content (AvgIpc) is 2.16. The summed E-state index contributed by atoms with van der Waals surface area (Å²) in [5.41, 5.74) is 0. The van der Waals surface area contributed by atoms with Gasteiger partial charge in [0.1, 0.15) is 0 Å². The van der Waals surface area contributed by atoms with Gasteiger partial charge in [0.25, 0.3) is 0 Å². The van der Waals surface area contributed by atoms with Gasteiger partial charge in [0.2, 0.25) is 0 Å². The number of hydrogen-bond donors (Lipinski definition) is 1. The molecule has 1 aliphatic carbocycles. The molecule has 1 fully saturated rings. The number of rotatable bonds is 5. The fourth-order valence-corrected chi connectivity index (χ4v) is 2.46. The Kier molecular flexibility index (Phi) is 4.99. The molecule has 0 amide bonds. The molecule has 2 nitrogen and oxygen atoms in total. The first-order chi connectivity index (χ1) is 6.72. The zero-order chi connectivity index (χ0) is 10.4. The van der Waals surface area contributed by atoms with Crippen LogP contribution in [0.4, 0.5) is 0 Å². The molecule has 0 unspecified atom stereocenters. The van der Waals surface area contributed by atoms with Crippen LogP contribution in [0.15, 0.2) is 0 Å². The van der Waals surface area contributed by atoms with E-state index in [9.17, 15) is 4.79 Å². The van der Waals surface area contributed by atoms with Crippen LogP contribution in [-0.4, -0.2) is 11.1 Å². The summed E-state index contributed by atoms with van der Waals surface area (Å²) in [5, 5.41) is 8.67. The average molecular weight is 198 g/mol. The van der Waals surface area contributed by atoms with Gasteiger partial charge in [-0.05, 0) is 24.7 Å². The second-order valence-corrected chi connectivity index (χ2v) is 4.63. The van der Waals surface area contributed by atoms with Gasteiger partial charge in [-0.25, -0.2) is 0 Å². The maximum Gasteiger partial charge on any atom is 0.303 e. The molecule has 0 atom stereocenters. The highest BCUT2D eigenvalue weighted by atomic mass is 16.4. The van der Waals surface area contributed by atoms with Crippen LogP contribution in [-0.2, 0) is 4.79 Å². The Bertz CT molecular complexity index is 169. The summed E-state index contributed by atoms with van der Waals surface area (Å²) in [5.74, 6) is 0.729. The third kappa shape index (κ3) is 4.12. The number of aliphatic carboxylic acids is 1. The van der Waals surface area contributed by atoms with E-state index in [1.165, 1.54) is 32.1 Å². The van der Waals surface area contributed by atoms with Gasteiger partial charge in [0, 0.05) is 6.42 Å². The van der Waals surface area contributed by atoms with Crippen molar-refractivity contribution in [3.05, 3.63) is 0 Å². The van der Waals surface area contributed by atoms with E-state index in [1.54, 1.807) is 0 Å². The van der Waals surface area contributed by atoms with Crippen molar-refractivity contribution in [2.45, 2.75) is 58.3 Å². The monoisotopic (exact) mass is 198 g/mol. The topological polar surface area (TPSA) is 37.3 Å². The highest BCUT2D eigenvalue weighted by Crippen LogP contribution is 2.33. The van der Waals surface area contributed by atoms with E-state index in [1.807, 2.05) is 0 Å². The van der Waals surface area contributed by atoms with Crippen molar-refractivity contribution in [3.63, 3.8) is 0 Å². The van der Waals surface area contributed by atoms with E-state index in [0.717, 1.165) is 18.8 Å². The lowest BCUT2D eigenvalue weighted by Gasteiger charge is -2.27. The smallest absolute Gasteiger partial charge is 0.303 e. The minimum atomic E-state index is -0.623. The molecule has 1 rings (SSSR count). The third-order valence-corrected chi connectivity index (χ3v) is 3.40. The summed E-state index contributed by atoms with van der Waals surface area (Å²) in [4.78, 5) is 10.5. The molecule has 0 aromatic heterocycles. The summed E-state index contributed by atoms with van der Waals surface area (Å²) in [7, 11) is 0. The van der Waals surface area contributed by atoms with Crippen LogP contribution < -0.4 is 0 Å². The Morgan fingerprint density at radius 3 is 2.29 bits per heavy atom. The second kappa shape index (κ2) is 6.05. The predicted molar refractivity (Wildman–Crippen MR) is 57.2 cm³/mol. The maximum atomic E-state index is 10.5. The van der Waals surface area contributed by atoms with Crippen molar-refractivity contribution in [1.82, 2.24) is 0 Å². The van der Waals surface area contributed by atoms with Crippen LogP contribution in [0, 0.1) is 11.8 Å². The molecule has 1 N–H and O–H groups in total. The molecule has 0 spiro atoms. The second-order valence-electron chi connectivity index (χ2n) is 4.63. The number of carboxylic acid groups (broad SMARTS) is 1. The summed E-state index contributed by atoms with van der Waals surface area (Å²) in [6.45, 7) is 2.23. The third-order valence-electron chi connectivity index (χ3n) is 3.40. The Hall–Kier alpha value is -0.530. The molecular weight excluding hydrogens is 176 g/mol. The number of unbranched alkanes of at least 4 members (excludes halogenated alkanes) is 1. The van der Waals surface area contributed by atoms with Crippen LogP contribution in [0.2, 0.25) is 0 Å². The highest BCUT2D eigenvalue weighted by molar-refractivity contribution is 5.67. The van der Waals surface area contributed by atoms with E-state index in [4.69, 9.17) is 5.11 Å². The maximum absolute atomic E-state index is 10.5. The number of carboxylic acids is 1. The molecule has 0 aromatic rings. The summed E-state index contributed by atoms with van der Waals surface area (Å²) in [6, 6.07) is 0. The van der Waals surface area contributed by atoms with Gasteiger partial charge in [-0.2, -0.15) is 0 Å². The van der Waals surface area contributed by atoms with Crippen LogP contribution in [0.25, 0.3) is 0 Å². The first-order valence-corrected chi connectivity index (χ1v) is 5.94. The Morgan fingerprint density at radius 2 is 1.79 bits per heavy atom. The molecule has 14 heavy (non-hydrogen) atoms. The van der Waals surface area contributed by atoms with Crippen molar-refractivity contribution < 1.29 is 9.90 Å². The highest BCUT2D eigenvalue weighted by Gasteiger charge is 2.22. The quantitative estimate of drug-likeness (QED) is 0.734. The first-order valence-electron chi connectivity index (χ1n) is 5.94. The van der Waals surface area contributed by atoms with Crippen molar-refractivity contribution in [3.8, 4) is 0 Å². The molecule has 0 aromatic carbocycles. The molecule has 1 aliphatic rings. The standard InChI is InChI=1S/C12H22O2/c1-2-3-4-10-5-7-11(8-6-10)9-12(13)14/h10-11H,2-9H2,1H3,(H,13,14). The molecule has 0 saturated heterocycles. The molecule has 2 heteroatoms. The Labute approximate surface area is 86.7 Å². The van der Waals surface area contributed by atoms with Gasteiger partial charge < -0.3 is 5.11 Å². The fraction of sp³-hybridized carbons (Fsp3) is 0.917. The molecule has 0 heterocycles. The molecule has 0 aliphatic heterocycles. The van der Waals surface area contributed by atoms with Crippen molar-refractivity contribution in [2.24, 2.45) is 11.8 Å². The lowest BCUT2D eigenvalue weighted by atomic mass is 9.78. The van der Waals surface area contributed by atoms with Crippen LogP contribution in [0.5, 0.6) is 0 Å². The Balaban J connectivity index is 2.14. The Morgan fingerprint density at radius 1 is 1.21 bits per heavy atom. The SMILES string of the molecule is CCCCC1CCC(CC(=O)O)CC1. The molecular formula is C12H22O2. The van der Waals surface area contributed by atoms with E-state index in [-0.39, 0.29) is 0 Å². The van der Waals surface area contributed by atoms with Crippen LogP contribution in [0.1, 0.15) is 58.3 Å². The zero-order valence-corrected chi connectivity index (χ0v) is 9.17. The lowest BCUT2D eigenvalue weighted by Crippen LogP contribution is -2.17. The first kappa shape index (κ1) is 11.5. The van der Waals surface area contributed by atoms with E-state index in [0.29, 0.717) is 12.3 Å². The van der Waals surface area contributed by atoms with Crippen LogP contribution >= 0.6 is 0 Å². The van der Waals surface area contributed by atoms with Gasteiger partial charge in [-0.1, -0.05) is 39.0 Å². The number of carbonyl (C=O) groups is 1. The van der Waals surface area contributed by atoms with Gasteiger partial charge in [-0.3, -0.25) is 4.79 Å². The fourth-order valence-electron chi connectivity index (χ4n) is 2.46. The summed E-state index contributed by atoms with van der Waals surface area (Å²) < 4.78 is 0. The van der Waals surface area contributed by atoms with Gasteiger partial charge in [-0.15, -0.1) is 0 Å². The van der Waals surface area contributed by atoms with Gasteiger partial charge >= 0.3 is 5.97 Å². The minimum absolute atomic E-state index is 0.389. The summed E-state index contributed by atoms with van der Waals surface area (Å²) in [6.07, 6.45) is 9.18. The number of hydrogen-bond acceptors (Lipinski definition) is 1. The van der Waals surface area contributed by atoms with Gasteiger partial charge in [0.05, 0.1) is 0 Å². The molecule has 82 valence electrons. The molecule has 1 saturated carbocycles. The van der Waals surface area contributed by atoms with E-state index >= 15 is 0 Å². The minimum Gasteiger partial charge on any atom is -0.481 e. The largest absolute Gasteiger partial charge is 0.481 e. The van der Waals surface area contributed by atoms with Crippen LogP contribution in [0.3, 0.4) is 0 Å². The molecule has 0 radical (unpaired) electrons. The lowest BCUT2D eigenvalue weighted by molar-refractivity contribution is -0.138. The predicted octanol–water partition coefficient (Wildman–Crippen LogP) is 3.46. The van der Waals surface area contributed by atoms with Crippen molar-refractivity contribution in [1.29, 1.82) is 0 Å². The summed E-state index contributed by atoms with van der Waals surface area (Å²) >= 11 is 0. The van der Waals surface area contributed by atoms with Crippen molar-refractivity contribution in [2.75, 3.05) is 0 Å².